The molecule has 2 aromatic carbocycles. The Morgan fingerprint density at radius 1 is 1.05 bits per heavy atom. The lowest BCUT2D eigenvalue weighted by Gasteiger charge is -2.10. The highest BCUT2D eigenvalue weighted by Crippen LogP contribution is 2.25. The summed E-state index contributed by atoms with van der Waals surface area (Å²) in [6.07, 6.45) is 0. The second-order valence-electron chi connectivity index (χ2n) is 4.77. The molecule has 0 amide bonds. The Labute approximate surface area is 113 Å². The average molecular weight is 254 g/mol. The third kappa shape index (κ3) is 3.35. The molecule has 0 saturated carbocycles. The van der Waals surface area contributed by atoms with Crippen LogP contribution in [0.1, 0.15) is 30.9 Å². The Morgan fingerprint density at radius 3 is 2.32 bits per heavy atom. The van der Waals surface area contributed by atoms with Gasteiger partial charge in [0.25, 0.3) is 0 Å². The Bertz CT molecular complexity index is 574. The van der Waals surface area contributed by atoms with E-state index in [0.717, 1.165) is 11.5 Å². The fourth-order valence-corrected chi connectivity index (χ4v) is 1.78. The first-order valence-electron chi connectivity index (χ1n) is 6.28. The van der Waals surface area contributed by atoms with Crippen LogP contribution >= 0.6 is 0 Å². The van der Waals surface area contributed by atoms with E-state index in [-0.39, 0.29) is 5.84 Å². The van der Waals surface area contributed by atoms with Gasteiger partial charge in [0.2, 0.25) is 0 Å². The third-order valence-electron chi connectivity index (χ3n) is 2.93. The molecule has 0 fully saturated rings. The molecular weight excluding hydrogens is 236 g/mol. The Kier molecular flexibility index (Phi) is 3.85. The Balaban J connectivity index is 2.16. The molecule has 19 heavy (non-hydrogen) atoms. The number of hydrogen-bond donors (Lipinski definition) is 2. The fourth-order valence-electron chi connectivity index (χ4n) is 1.78. The van der Waals surface area contributed by atoms with E-state index in [0.29, 0.717) is 11.5 Å². The first-order chi connectivity index (χ1) is 9.06. The molecule has 3 heteroatoms. The molecule has 0 aliphatic heterocycles. The molecule has 0 radical (unpaired) electrons. The van der Waals surface area contributed by atoms with Crippen LogP contribution in [0.4, 0.5) is 0 Å². The quantitative estimate of drug-likeness (QED) is 0.642. The maximum atomic E-state index is 7.34. The summed E-state index contributed by atoms with van der Waals surface area (Å²) in [5.41, 5.74) is 7.36. The minimum Gasteiger partial charge on any atom is -0.457 e. The van der Waals surface area contributed by atoms with Crippen molar-refractivity contribution in [2.75, 3.05) is 0 Å². The van der Waals surface area contributed by atoms with E-state index in [1.807, 2.05) is 30.3 Å². The number of hydrogen-bond acceptors (Lipinski definition) is 2. The van der Waals surface area contributed by atoms with Crippen LogP contribution in [0.3, 0.4) is 0 Å². The zero-order valence-corrected chi connectivity index (χ0v) is 11.2. The van der Waals surface area contributed by atoms with Crippen LogP contribution in [0.2, 0.25) is 0 Å². The van der Waals surface area contributed by atoms with Gasteiger partial charge in [0, 0.05) is 5.56 Å². The highest BCUT2D eigenvalue weighted by molar-refractivity contribution is 5.94. The van der Waals surface area contributed by atoms with E-state index in [1.165, 1.54) is 5.56 Å². The van der Waals surface area contributed by atoms with Gasteiger partial charge < -0.3 is 10.5 Å². The summed E-state index contributed by atoms with van der Waals surface area (Å²) < 4.78 is 5.79. The van der Waals surface area contributed by atoms with Crippen LogP contribution in [0.5, 0.6) is 11.5 Å². The molecule has 3 nitrogen and oxygen atoms in total. The first kappa shape index (κ1) is 13.1. The molecule has 0 bridgehead atoms. The molecule has 0 unspecified atom stereocenters. The standard InChI is InChI=1S/C16H18N2O/c1-11(2)13-4-3-5-15(10-13)19-14-8-6-12(7-9-14)16(17)18/h3-11H,1-2H3,(H3,17,18). The van der Waals surface area contributed by atoms with E-state index in [9.17, 15) is 0 Å². The molecule has 2 aromatic rings. The highest BCUT2D eigenvalue weighted by atomic mass is 16.5. The largest absolute Gasteiger partial charge is 0.457 e. The number of amidine groups is 1. The lowest BCUT2D eigenvalue weighted by atomic mass is 10.0. The summed E-state index contributed by atoms with van der Waals surface area (Å²) in [7, 11) is 0. The summed E-state index contributed by atoms with van der Waals surface area (Å²) in [6, 6.07) is 15.3. The van der Waals surface area contributed by atoms with Gasteiger partial charge in [-0.1, -0.05) is 26.0 Å². The molecule has 0 saturated heterocycles. The van der Waals surface area contributed by atoms with Crippen molar-refractivity contribution >= 4 is 5.84 Å². The molecule has 0 heterocycles. The average Bonchev–Trinajstić information content (AvgIpc) is 2.39. The molecule has 98 valence electrons. The molecule has 3 N–H and O–H groups in total. The van der Waals surface area contributed by atoms with Crippen LogP contribution < -0.4 is 10.5 Å². The van der Waals surface area contributed by atoms with Gasteiger partial charge >= 0.3 is 0 Å². The maximum absolute atomic E-state index is 7.34. The number of benzene rings is 2. The second kappa shape index (κ2) is 5.57. The third-order valence-corrected chi connectivity index (χ3v) is 2.93. The molecule has 0 atom stereocenters. The predicted octanol–water partition coefficient (Wildman–Crippen LogP) is 3.89. The van der Waals surface area contributed by atoms with E-state index in [4.69, 9.17) is 15.9 Å². The van der Waals surface area contributed by atoms with Crippen molar-refractivity contribution in [2.45, 2.75) is 19.8 Å². The first-order valence-corrected chi connectivity index (χ1v) is 6.28. The van der Waals surface area contributed by atoms with Gasteiger partial charge in [0.1, 0.15) is 17.3 Å². The molecular formula is C16H18N2O. The lowest BCUT2D eigenvalue weighted by molar-refractivity contribution is 0.481. The summed E-state index contributed by atoms with van der Waals surface area (Å²) in [6.45, 7) is 4.31. The van der Waals surface area contributed by atoms with Crippen molar-refractivity contribution in [3.8, 4) is 11.5 Å². The summed E-state index contributed by atoms with van der Waals surface area (Å²) in [5, 5.41) is 7.34. The summed E-state index contributed by atoms with van der Waals surface area (Å²) >= 11 is 0. The number of nitrogen functional groups attached to an aromatic ring is 1. The molecule has 0 aromatic heterocycles. The van der Waals surface area contributed by atoms with E-state index < -0.39 is 0 Å². The smallest absolute Gasteiger partial charge is 0.127 e. The van der Waals surface area contributed by atoms with Crippen LogP contribution in [-0.2, 0) is 0 Å². The van der Waals surface area contributed by atoms with Gasteiger partial charge in [-0.3, -0.25) is 5.41 Å². The number of ether oxygens (including phenoxy) is 1. The number of nitrogens with two attached hydrogens (primary N) is 1. The van der Waals surface area contributed by atoms with Gasteiger partial charge in [-0.05, 0) is 47.9 Å². The van der Waals surface area contributed by atoms with Gasteiger partial charge in [-0.2, -0.15) is 0 Å². The summed E-state index contributed by atoms with van der Waals surface area (Å²) in [5.74, 6) is 2.10. The van der Waals surface area contributed by atoms with Crippen molar-refractivity contribution in [3.05, 3.63) is 59.7 Å². The SMILES string of the molecule is CC(C)c1cccc(Oc2ccc(C(=N)N)cc2)c1. The minimum atomic E-state index is 0.0633. The van der Waals surface area contributed by atoms with E-state index in [2.05, 4.69) is 19.9 Å². The van der Waals surface area contributed by atoms with Crippen molar-refractivity contribution < 1.29 is 4.74 Å². The second-order valence-corrected chi connectivity index (χ2v) is 4.77. The molecule has 0 aliphatic carbocycles. The molecule has 0 aliphatic rings. The van der Waals surface area contributed by atoms with Crippen LogP contribution in [0.15, 0.2) is 48.5 Å². The van der Waals surface area contributed by atoms with Crippen LogP contribution in [-0.4, -0.2) is 5.84 Å². The monoisotopic (exact) mass is 254 g/mol. The summed E-state index contributed by atoms with van der Waals surface area (Å²) in [4.78, 5) is 0. The maximum Gasteiger partial charge on any atom is 0.127 e. The number of nitrogens with one attached hydrogen (secondary N) is 1. The normalized spacial score (nSPS) is 10.5. The van der Waals surface area contributed by atoms with Crippen molar-refractivity contribution in [3.63, 3.8) is 0 Å². The zero-order valence-electron chi connectivity index (χ0n) is 11.2. The van der Waals surface area contributed by atoms with Crippen molar-refractivity contribution in [2.24, 2.45) is 5.73 Å². The van der Waals surface area contributed by atoms with Crippen LogP contribution in [0, 0.1) is 5.41 Å². The van der Waals surface area contributed by atoms with Gasteiger partial charge in [0.15, 0.2) is 0 Å². The minimum absolute atomic E-state index is 0.0633. The van der Waals surface area contributed by atoms with Crippen molar-refractivity contribution in [1.29, 1.82) is 5.41 Å². The van der Waals surface area contributed by atoms with Crippen LogP contribution in [0.25, 0.3) is 0 Å². The van der Waals surface area contributed by atoms with E-state index in [1.54, 1.807) is 12.1 Å². The Morgan fingerprint density at radius 2 is 1.74 bits per heavy atom. The topological polar surface area (TPSA) is 59.1 Å². The predicted molar refractivity (Wildman–Crippen MR) is 78.1 cm³/mol. The molecule has 2 rings (SSSR count). The molecule has 0 spiro atoms. The van der Waals surface area contributed by atoms with E-state index >= 15 is 0 Å². The van der Waals surface area contributed by atoms with Gasteiger partial charge in [-0.25, -0.2) is 0 Å². The fraction of sp³-hybridized carbons (Fsp3) is 0.188. The lowest BCUT2D eigenvalue weighted by Crippen LogP contribution is -2.10. The Hall–Kier alpha value is -2.29. The van der Waals surface area contributed by atoms with Crippen molar-refractivity contribution in [1.82, 2.24) is 0 Å². The number of rotatable bonds is 4. The van der Waals surface area contributed by atoms with Gasteiger partial charge in [0.05, 0.1) is 0 Å². The van der Waals surface area contributed by atoms with Gasteiger partial charge in [-0.15, -0.1) is 0 Å². The highest BCUT2D eigenvalue weighted by Gasteiger charge is 2.03. The zero-order chi connectivity index (χ0) is 13.8.